The molecule has 38 heavy (non-hydrogen) atoms. The summed E-state index contributed by atoms with van der Waals surface area (Å²) in [6.07, 6.45) is 2.93. The average molecular weight is 546 g/mol. The summed E-state index contributed by atoms with van der Waals surface area (Å²) in [5.41, 5.74) is 2.79. The summed E-state index contributed by atoms with van der Waals surface area (Å²) in [5.74, 6) is 0.715. The lowest BCUT2D eigenvalue weighted by Crippen LogP contribution is -2.17. The summed E-state index contributed by atoms with van der Waals surface area (Å²) in [4.78, 5) is 39.0. The number of H-pyrrole nitrogens is 2. The molecule has 5 aromatic rings. The van der Waals surface area contributed by atoms with Crippen molar-refractivity contribution in [3.05, 3.63) is 120 Å². The molecule has 0 aliphatic carbocycles. The third-order valence-corrected chi connectivity index (χ3v) is 6.21. The van der Waals surface area contributed by atoms with Crippen LogP contribution in [0.3, 0.4) is 0 Å². The van der Waals surface area contributed by atoms with E-state index in [9.17, 15) is 9.59 Å². The van der Waals surface area contributed by atoms with Crippen LogP contribution in [-0.4, -0.2) is 37.0 Å². The monoisotopic (exact) mass is 545 g/mol. The molecule has 3 heterocycles. The Hall–Kier alpha value is -4.47. The van der Waals surface area contributed by atoms with E-state index in [2.05, 4.69) is 25.2 Å². The molecule has 0 unspecified atom stereocenters. The SMILES string of the molecule is Cc1[nH]n(-c2cccc(Cl)c2)c(=O)c1C=Nc1cccc(N=Cc2c(C)[nH]n(-c3cccc(Cl)c3)c2=O)n1. The van der Waals surface area contributed by atoms with Crippen molar-refractivity contribution < 1.29 is 0 Å². The summed E-state index contributed by atoms with van der Waals surface area (Å²) in [6.45, 7) is 3.57. The second-order valence-electron chi connectivity index (χ2n) is 8.41. The molecule has 9 nitrogen and oxygen atoms in total. The van der Waals surface area contributed by atoms with Crippen LogP contribution >= 0.6 is 23.2 Å². The Morgan fingerprint density at radius 2 is 1.13 bits per heavy atom. The number of nitrogens with one attached hydrogen (secondary N) is 2. The predicted octanol–water partition coefficient (Wildman–Crippen LogP) is 5.46. The fraction of sp³-hybridized carbons (Fsp3) is 0.0741. The highest BCUT2D eigenvalue weighted by Crippen LogP contribution is 2.17. The summed E-state index contributed by atoms with van der Waals surface area (Å²) in [6, 6.07) is 19.1. The third kappa shape index (κ3) is 5.15. The largest absolute Gasteiger partial charge is 0.295 e. The zero-order valence-corrected chi connectivity index (χ0v) is 21.8. The number of hydrogen-bond donors (Lipinski definition) is 2. The van der Waals surface area contributed by atoms with Crippen molar-refractivity contribution in [1.29, 1.82) is 0 Å². The fourth-order valence-corrected chi connectivity index (χ4v) is 4.20. The van der Waals surface area contributed by atoms with Crippen molar-refractivity contribution in [2.45, 2.75) is 13.8 Å². The standard InChI is InChI=1S/C27H21Cl2N7O2/c1-16-22(26(37)35(33-16)20-8-3-6-18(28)12-20)14-30-24-10-5-11-25(32-24)31-15-23-17(2)34-36(27(23)38)21-9-4-7-19(29)13-21/h3-15,33-34H,1-2H3. The number of halogens is 2. The molecule has 11 heteroatoms. The molecular formula is C27H21Cl2N7O2. The number of benzene rings is 2. The van der Waals surface area contributed by atoms with Gasteiger partial charge in [0.15, 0.2) is 11.6 Å². The molecule has 0 amide bonds. The summed E-state index contributed by atoms with van der Waals surface area (Å²) in [5, 5.41) is 7.13. The molecule has 0 aliphatic rings. The van der Waals surface area contributed by atoms with E-state index >= 15 is 0 Å². The van der Waals surface area contributed by atoms with Crippen LogP contribution in [0, 0.1) is 13.8 Å². The smallest absolute Gasteiger partial charge is 0.280 e. The van der Waals surface area contributed by atoms with Crippen LogP contribution in [-0.2, 0) is 0 Å². The molecule has 2 aromatic carbocycles. The van der Waals surface area contributed by atoms with Crippen LogP contribution in [0.15, 0.2) is 86.3 Å². The Kier molecular flexibility index (Phi) is 6.95. The van der Waals surface area contributed by atoms with E-state index in [0.717, 1.165) is 0 Å². The molecule has 0 aliphatic heterocycles. The van der Waals surface area contributed by atoms with Crippen LogP contribution in [0.4, 0.5) is 11.6 Å². The quantitative estimate of drug-likeness (QED) is 0.276. The highest BCUT2D eigenvalue weighted by atomic mass is 35.5. The lowest BCUT2D eigenvalue weighted by Gasteiger charge is -2.01. The van der Waals surface area contributed by atoms with Crippen LogP contribution < -0.4 is 11.1 Å². The molecule has 0 atom stereocenters. The van der Waals surface area contributed by atoms with Gasteiger partial charge in [-0.1, -0.05) is 41.4 Å². The van der Waals surface area contributed by atoms with Crippen molar-refractivity contribution in [2.75, 3.05) is 0 Å². The second-order valence-corrected chi connectivity index (χ2v) is 9.29. The number of pyridine rings is 1. The Morgan fingerprint density at radius 3 is 1.55 bits per heavy atom. The lowest BCUT2D eigenvalue weighted by molar-refractivity contribution is 0.835. The molecule has 0 spiro atoms. The van der Waals surface area contributed by atoms with Gasteiger partial charge in [0.05, 0.1) is 22.5 Å². The Bertz CT molecular complexity index is 1700. The van der Waals surface area contributed by atoms with Crippen molar-refractivity contribution in [2.24, 2.45) is 9.98 Å². The number of rotatable bonds is 6. The minimum Gasteiger partial charge on any atom is -0.295 e. The normalized spacial score (nSPS) is 11.7. The minimum absolute atomic E-state index is 0.262. The first-order chi connectivity index (χ1) is 18.3. The Balaban J connectivity index is 1.39. The van der Waals surface area contributed by atoms with E-state index < -0.39 is 0 Å². The maximum Gasteiger partial charge on any atom is 0.280 e. The molecule has 5 rings (SSSR count). The van der Waals surface area contributed by atoms with Crippen LogP contribution in [0.25, 0.3) is 11.4 Å². The molecular weight excluding hydrogens is 525 g/mol. The number of aryl methyl sites for hydroxylation is 2. The van der Waals surface area contributed by atoms with Gasteiger partial charge in [0, 0.05) is 33.9 Å². The molecule has 0 saturated carbocycles. The molecule has 0 saturated heterocycles. The van der Waals surface area contributed by atoms with Gasteiger partial charge >= 0.3 is 0 Å². The van der Waals surface area contributed by atoms with Crippen molar-refractivity contribution in [3.63, 3.8) is 0 Å². The van der Waals surface area contributed by atoms with E-state index in [1.165, 1.54) is 21.8 Å². The van der Waals surface area contributed by atoms with E-state index in [-0.39, 0.29) is 11.1 Å². The van der Waals surface area contributed by atoms with E-state index in [4.69, 9.17) is 23.2 Å². The van der Waals surface area contributed by atoms with E-state index in [1.54, 1.807) is 80.6 Å². The van der Waals surface area contributed by atoms with Gasteiger partial charge in [-0.2, -0.15) is 0 Å². The highest BCUT2D eigenvalue weighted by molar-refractivity contribution is 6.31. The van der Waals surface area contributed by atoms with Crippen LogP contribution in [0.2, 0.25) is 10.0 Å². The Morgan fingerprint density at radius 1 is 0.711 bits per heavy atom. The first-order valence-electron chi connectivity index (χ1n) is 11.5. The van der Waals surface area contributed by atoms with Gasteiger partial charge in [-0.05, 0) is 62.4 Å². The second kappa shape index (κ2) is 10.5. The van der Waals surface area contributed by atoms with E-state index in [1.807, 2.05) is 0 Å². The molecule has 190 valence electrons. The molecule has 2 N–H and O–H groups in total. The van der Waals surface area contributed by atoms with Gasteiger partial charge in [-0.15, -0.1) is 0 Å². The average Bonchev–Trinajstić information content (AvgIpc) is 3.35. The van der Waals surface area contributed by atoms with Gasteiger partial charge in [0.25, 0.3) is 11.1 Å². The molecule has 0 radical (unpaired) electrons. The van der Waals surface area contributed by atoms with Crippen LogP contribution in [0.5, 0.6) is 0 Å². The summed E-state index contributed by atoms with van der Waals surface area (Å²) < 4.78 is 2.82. The first-order valence-corrected chi connectivity index (χ1v) is 12.3. The topological polar surface area (TPSA) is 113 Å². The van der Waals surface area contributed by atoms with Gasteiger partial charge in [-0.25, -0.2) is 24.3 Å². The predicted molar refractivity (Wildman–Crippen MR) is 151 cm³/mol. The van der Waals surface area contributed by atoms with Gasteiger partial charge < -0.3 is 0 Å². The number of aromatic nitrogens is 5. The zero-order valence-electron chi connectivity index (χ0n) is 20.3. The maximum absolute atomic E-state index is 12.9. The fourth-order valence-electron chi connectivity index (χ4n) is 3.83. The third-order valence-electron chi connectivity index (χ3n) is 5.74. The molecule has 0 fully saturated rings. The van der Waals surface area contributed by atoms with Crippen molar-refractivity contribution in [1.82, 2.24) is 24.5 Å². The summed E-state index contributed by atoms with van der Waals surface area (Å²) in [7, 11) is 0. The van der Waals surface area contributed by atoms with Gasteiger partial charge in [-0.3, -0.25) is 19.8 Å². The van der Waals surface area contributed by atoms with E-state index in [0.29, 0.717) is 55.6 Å². The summed E-state index contributed by atoms with van der Waals surface area (Å²) >= 11 is 12.1. The van der Waals surface area contributed by atoms with Crippen molar-refractivity contribution in [3.8, 4) is 11.4 Å². The lowest BCUT2D eigenvalue weighted by atomic mass is 10.3. The highest BCUT2D eigenvalue weighted by Gasteiger charge is 2.12. The Labute approximate surface area is 226 Å². The van der Waals surface area contributed by atoms with Crippen LogP contribution in [0.1, 0.15) is 22.5 Å². The molecule has 0 bridgehead atoms. The number of aliphatic imine (C=N–C) groups is 2. The van der Waals surface area contributed by atoms with Gasteiger partial charge in [0.2, 0.25) is 0 Å². The number of hydrogen-bond acceptors (Lipinski definition) is 5. The van der Waals surface area contributed by atoms with Crippen molar-refractivity contribution >= 4 is 47.3 Å². The minimum atomic E-state index is -0.262. The van der Waals surface area contributed by atoms with Gasteiger partial charge in [0.1, 0.15) is 0 Å². The maximum atomic E-state index is 12.9. The first kappa shape index (κ1) is 25.2. The number of nitrogens with zero attached hydrogens (tertiary/aromatic N) is 5. The molecule has 3 aromatic heterocycles. The number of aromatic amines is 2. The zero-order chi connectivity index (χ0) is 26.8.